The van der Waals surface area contributed by atoms with Gasteiger partial charge >= 0.3 is 0 Å². The first-order chi connectivity index (χ1) is 12.7. The Balaban J connectivity index is 1.31. The summed E-state index contributed by atoms with van der Waals surface area (Å²) < 4.78 is 1.86. The predicted octanol–water partition coefficient (Wildman–Crippen LogP) is 2.43. The second-order valence-electron chi connectivity index (χ2n) is 7.96. The number of piperidine rings is 1. The summed E-state index contributed by atoms with van der Waals surface area (Å²) >= 11 is 0. The van der Waals surface area contributed by atoms with Crippen molar-refractivity contribution >= 4 is 17.4 Å². The van der Waals surface area contributed by atoms with Crippen molar-refractivity contribution in [2.24, 2.45) is 11.3 Å². The SMILES string of the molecule is N#Cc1c(N2CCC3(CC2)CC3C(=O)N2CCCC2)nc2ccccn12. The van der Waals surface area contributed by atoms with E-state index >= 15 is 0 Å². The number of nitrogens with zero attached hydrogens (tertiary/aromatic N) is 5. The summed E-state index contributed by atoms with van der Waals surface area (Å²) in [5, 5.41) is 9.60. The normalized spacial score (nSPS) is 24.2. The molecule has 1 aliphatic carbocycles. The lowest BCUT2D eigenvalue weighted by molar-refractivity contribution is -0.132. The maximum absolute atomic E-state index is 12.7. The fourth-order valence-corrected chi connectivity index (χ4v) is 4.88. The molecule has 3 fully saturated rings. The van der Waals surface area contributed by atoms with E-state index < -0.39 is 0 Å². The monoisotopic (exact) mass is 349 g/mol. The van der Waals surface area contributed by atoms with Crippen molar-refractivity contribution in [3.63, 3.8) is 0 Å². The molecular weight excluding hydrogens is 326 g/mol. The third kappa shape index (κ3) is 2.30. The van der Waals surface area contributed by atoms with Crippen molar-refractivity contribution in [1.29, 1.82) is 5.26 Å². The zero-order valence-corrected chi connectivity index (χ0v) is 14.9. The molecule has 134 valence electrons. The lowest BCUT2D eigenvalue weighted by Gasteiger charge is -2.33. The molecule has 1 saturated carbocycles. The average molecular weight is 349 g/mol. The van der Waals surface area contributed by atoms with Crippen molar-refractivity contribution in [3.8, 4) is 6.07 Å². The highest BCUT2D eigenvalue weighted by Gasteiger charge is 2.59. The molecular formula is C20H23N5O. The number of likely N-dealkylation sites (tertiary alicyclic amines) is 1. The molecule has 2 saturated heterocycles. The Labute approximate surface area is 153 Å². The van der Waals surface area contributed by atoms with Gasteiger partial charge in [-0.25, -0.2) is 4.98 Å². The zero-order chi connectivity index (χ0) is 17.7. The van der Waals surface area contributed by atoms with Gasteiger partial charge in [0.05, 0.1) is 0 Å². The number of nitriles is 1. The van der Waals surface area contributed by atoms with Crippen molar-refractivity contribution in [1.82, 2.24) is 14.3 Å². The standard InChI is InChI=1S/C20H23N5O/c21-14-16-18(22-17-5-1-2-10-25(16)17)23-11-6-20(7-12-23)13-15(20)19(26)24-8-3-4-9-24/h1-2,5,10,15H,3-4,6-9,11-13H2. The number of amides is 1. The minimum atomic E-state index is 0.210. The fourth-order valence-electron chi connectivity index (χ4n) is 4.88. The Morgan fingerprint density at radius 2 is 1.96 bits per heavy atom. The third-order valence-electron chi connectivity index (χ3n) is 6.58. The number of hydrogen-bond acceptors (Lipinski definition) is 4. The summed E-state index contributed by atoms with van der Waals surface area (Å²) in [6.07, 6.45) is 7.30. The Morgan fingerprint density at radius 3 is 2.69 bits per heavy atom. The van der Waals surface area contributed by atoms with Gasteiger partial charge in [0.15, 0.2) is 11.5 Å². The number of fused-ring (bicyclic) bond motifs is 1. The van der Waals surface area contributed by atoms with Crippen LogP contribution in [0, 0.1) is 22.7 Å². The Hall–Kier alpha value is -2.55. The number of carbonyl (C=O) groups excluding carboxylic acids is 1. The molecule has 1 spiro atoms. The van der Waals surface area contributed by atoms with E-state index in [9.17, 15) is 10.1 Å². The maximum atomic E-state index is 12.7. The van der Waals surface area contributed by atoms with Crippen LogP contribution in [0.2, 0.25) is 0 Å². The maximum Gasteiger partial charge on any atom is 0.226 e. The summed E-state index contributed by atoms with van der Waals surface area (Å²) in [6, 6.07) is 8.11. The molecule has 5 rings (SSSR count). The molecule has 6 heteroatoms. The molecule has 1 atom stereocenters. The van der Waals surface area contributed by atoms with Gasteiger partial charge in [0.1, 0.15) is 11.7 Å². The first-order valence-electron chi connectivity index (χ1n) is 9.63. The number of aromatic nitrogens is 2. The van der Waals surface area contributed by atoms with Gasteiger partial charge < -0.3 is 9.80 Å². The number of hydrogen-bond donors (Lipinski definition) is 0. The van der Waals surface area contributed by atoms with Crippen LogP contribution in [0.3, 0.4) is 0 Å². The first-order valence-corrected chi connectivity index (χ1v) is 9.63. The number of rotatable bonds is 2. The van der Waals surface area contributed by atoms with Crippen LogP contribution >= 0.6 is 0 Å². The van der Waals surface area contributed by atoms with Crippen LogP contribution < -0.4 is 4.90 Å². The summed E-state index contributed by atoms with van der Waals surface area (Å²) in [5.41, 5.74) is 1.63. The highest BCUT2D eigenvalue weighted by atomic mass is 16.2. The van der Waals surface area contributed by atoms with Crippen LogP contribution in [0.15, 0.2) is 24.4 Å². The highest BCUT2D eigenvalue weighted by Crippen LogP contribution is 2.60. The summed E-state index contributed by atoms with van der Waals surface area (Å²) in [6.45, 7) is 3.65. The Kier molecular flexibility index (Phi) is 3.46. The molecule has 26 heavy (non-hydrogen) atoms. The molecule has 2 aromatic heterocycles. The molecule has 1 amide bonds. The molecule has 6 nitrogen and oxygen atoms in total. The lowest BCUT2D eigenvalue weighted by Crippen LogP contribution is -2.38. The molecule has 0 aromatic carbocycles. The molecule has 3 aliphatic rings. The van der Waals surface area contributed by atoms with E-state index in [1.807, 2.05) is 28.8 Å². The van der Waals surface area contributed by atoms with E-state index in [-0.39, 0.29) is 11.3 Å². The summed E-state index contributed by atoms with van der Waals surface area (Å²) in [7, 11) is 0. The van der Waals surface area contributed by atoms with E-state index in [1.165, 1.54) is 0 Å². The van der Waals surface area contributed by atoms with Crippen LogP contribution in [-0.4, -0.2) is 46.4 Å². The Bertz CT molecular complexity index is 897. The van der Waals surface area contributed by atoms with E-state index in [0.717, 1.165) is 69.7 Å². The van der Waals surface area contributed by atoms with Crippen molar-refractivity contribution in [2.75, 3.05) is 31.1 Å². The van der Waals surface area contributed by atoms with E-state index in [4.69, 9.17) is 0 Å². The first kappa shape index (κ1) is 15.7. The van der Waals surface area contributed by atoms with Gasteiger partial charge in [-0.1, -0.05) is 6.07 Å². The quantitative estimate of drug-likeness (QED) is 0.835. The van der Waals surface area contributed by atoms with Crippen molar-refractivity contribution in [3.05, 3.63) is 30.1 Å². The minimum absolute atomic E-state index is 0.210. The van der Waals surface area contributed by atoms with E-state index in [2.05, 4.69) is 20.9 Å². The van der Waals surface area contributed by atoms with Gasteiger partial charge in [0.25, 0.3) is 0 Å². The molecule has 0 bridgehead atoms. The molecule has 0 N–H and O–H groups in total. The summed E-state index contributed by atoms with van der Waals surface area (Å²) in [5.74, 6) is 1.41. The van der Waals surface area contributed by atoms with Gasteiger partial charge in [-0.05, 0) is 49.7 Å². The van der Waals surface area contributed by atoms with Gasteiger partial charge in [0, 0.05) is 38.3 Å². The molecule has 2 aliphatic heterocycles. The number of carbonyl (C=O) groups is 1. The van der Waals surface area contributed by atoms with Crippen LogP contribution in [0.4, 0.5) is 5.82 Å². The minimum Gasteiger partial charge on any atom is -0.354 e. The highest BCUT2D eigenvalue weighted by molar-refractivity contribution is 5.83. The van der Waals surface area contributed by atoms with Gasteiger partial charge in [-0.3, -0.25) is 9.20 Å². The number of imidazole rings is 1. The van der Waals surface area contributed by atoms with Crippen LogP contribution in [-0.2, 0) is 4.79 Å². The molecule has 0 radical (unpaired) electrons. The van der Waals surface area contributed by atoms with Crippen molar-refractivity contribution in [2.45, 2.75) is 32.1 Å². The largest absolute Gasteiger partial charge is 0.354 e. The van der Waals surface area contributed by atoms with Gasteiger partial charge in [0.2, 0.25) is 5.91 Å². The zero-order valence-electron chi connectivity index (χ0n) is 14.9. The Morgan fingerprint density at radius 1 is 1.19 bits per heavy atom. The van der Waals surface area contributed by atoms with Crippen LogP contribution in [0.1, 0.15) is 37.8 Å². The lowest BCUT2D eigenvalue weighted by atomic mass is 9.90. The molecule has 1 unspecified atom stereocenters. The van der Waals surface area contributed by atoms with Crippen LogP contribution in [0.5, 0.6) is 0 Å². The third-order valence-corrected chi connectivity index (χ3v) is 6.58. The van der Waals surface area contributed by atoms with Crippen LogP contribution in [0.25, 0.3) is 5.65 Å². The fraction of sp³-hybridized carbons (Fsp3) is 0.550. The average Bonchev–Trinajstić information content (AvgIpc) is 3.06. The molecule has 4 heterocycles. The van der Waals surface area contributed by atoms with Gasteiger partial charge in [-0.2, -0.15) is 5.26 Å². The van der Waals surface area contributed by atoms with E-state index in [1.54, 1.807) is 0 Å². The second kappa shape index (κ2) is 5.73. The van der Waals surface area contributed by atoms with Gasteiger partial charge in [-0.15, -0.1) is 0 Å². The molecule has 2 aromatic rings. The summed E-state index contributed by atoms with van der Waals surface area (Å²) in [4.78, 5) is 21.7. The number of pyridine rings is 1. The second-order valence-corrected chi connectivity index (χ2v) is 7.96. The predicted molar refractivity (Wildman–Crippen MR) is 97.7 cm³/mol. The van der Waals surface area contributed by atoms with Crippen molar-refractivity contribution < 1.29 is 4.79 Å². The topological polar surface area (TPSA) is 64.6 Å². The van der Waals surface area contributed by atoms with E-state index in [0.29, 0.717) is 11.6 Å². The number of anilines is 1. The smallest absolute Gasteiger partial charge is 0.226 e.